The third-order valence-corrected chi connectivity index (χ3v) is 4.34. The topological polar surface area (TPSA) is 15.3 Å². The van der Waals surface area contributed by atoms with Crippen LogP contribution in [0.15, 0.2) is 30.3 Å². The van der Waals surface area contributed by atoms with E-state index in [1.54, 1.807) is 0 Å². The van der Waals surface area contributed by atoms with Gasteiger partial charge in [-0.05, 0) is 25.5 Å². The first-order valence-electron chi connectivity index (χ1n) is 8.33. The molecule has 20 heavy (non-hydrogen) atoms. The molecule has 1 heterocycles. The zero-order chi connectivity index (χ0) is 14.2. The van der Waals surface area contributed by atoms with Crippen molar-refractivity contribution in [2.24, 2.45) is 0 Å². The van der Waals surface area contributed by atoms with Crippen molar-refractivity contribution in [3.8, 4) is 0 Å². The third kappa shape index (κ3) is 4.60. The molecule has 0 amide bonds. The number of benzene rings is 1. The average molecular weight is 274 g/mol. The van der Waals surface area contributed by atoms with E-state index in [0.717, 1.165) is 6.54 Å². The highest BCUT2D eigenvalue weighted by atomic mass is 15.2. The maximum atomic E-state index is 3.63. The van der Waals surface area contributed by atoms with Crippen molar-refractivity contribution in [2.45, 2.75) is 58.0 Å². The molecule has 0 spiro atoms. The van der Waals surface area contributed by atoms with Gasteiger partial charge < -0.3 is 5.32 Å². The highest BCUT2D eigenvalue weighted by Crippen LogP contribution is 2.24. The minimum Gasteiger partial charge on any atom is -0.311 e. The summed E-state index contributed by atoms with van der Waals surface area (Å²) >= 11 is 0. The van der Waals surface area contributed by atoms with Crippen LogP contribution in [0.1, 0.15) is 57.6 Å². The van der Waals surface area contributed by atoms with Gasteiger partial charge in [0, 0.05) is 25.2 Å². The van der Waals surface area contributed by atoms with Gasteiger partial charge in [-0.1, -0.05) is 62.9 Å². The van der Waals surface area contributed by atoms with E-state index in [4.69, 9.17) is 0 Å². The summed E-state index contributed by atoms with van der Waals surface area (Å²) < 4.78 is 0. The molecule has 2 heteroatoms. The van der Waals surface area contributed by atoms with E-state index in [0.29, 0.717) is 12.1 Å². The Morgan fingerprint density at radius 2 is 1.85 bits per heavy atom. The van der Waals surface area contributed by atoms with Gasteiger partial charge in [0.1, 0.15) is 0 Å². The molecule has 0 radical (unpaired) electrons. The fraction of sp³-hybridized carbons (Fsp3) is 0.667. The second kappa shape index (κ2) is 8.43. The Labute approximate surface area is 124 Å². The Kier molecular flexibility index (Phi) is 6.55. The molecular weight excluding hydrogens is 244 g/mol. The number of hydrogen-bond donors (Lipinski definition) is 1. The van der Waals surface area contributed by atoms with Gasteiger partial charge in [-0.25, -0.2) is 0 Å². The first kappa shape index (κ1) is 15.5. The molecule has 1 fully saturated rings. The van der Waals surface area contributed by atoms with Crippen LogP contribution in [-0.2, 0) is 0 Å². The van der Waals surface area contributed by atoms with Crippen LogP contribution in [0.5, 0.6) is 0 Å². The van der Waals surface area contributed by atoms with Gasteiger partial charge in [0.05, 0.1) is 0 Å². The Bertz CT molecular complexity index is 363. The Hall–Kier alpha value is -0.860. The zero-order valence-corrected chi connectivity index (χ0v) is 13.1. The minimum atomic E-state index is 0.554. The van der Waals surface area contributed by atoms with E-state index in [1.807, 2.05) is 0 Å². The molecule has 1 aromatic carbocycles. The van der Waals surface area contributed by atoms with Gasteiger partial charge >= 0.3 is 0 Å². The lowest BCUT2D eigenvalue weighted by atomic mass is 10.0. The lowest BCUT2D eigenvalue weighted by Crippen LogP contribution is -2.51. The van der Waals surface area contributed by atoms with E-state index in [9.17, 15) is 0 Å². The van der Waals surface area contributed by atoms with Crippen LogP contribution in [0.3, 0.4) is 0 Å². The van der Waals surface area contributed by atoms with Gasteiger partial charge in [-0.2, -0.15) is 0 Å². The number of rotatable bonds is 7. The van der Waals surface area contributed by atoms with Crippen molar-refractivity contribution < 1.29 is 0 Å². The summed E-state index contributed by atoms with van der Waals surface area (Å²) in [4.78, 5) is 2.68. The second-order valence-corrected chi connectivity index (χ2v) is 6.14. The first-order chi connectivity index (χ1) is 9.81. The van der Waals surface area contributed by atoms with E-state index in [2.05, 4.69) is 54.4 Å². The summed E-state index contributed by atoms with van der Waals surface area (Å²) in [5.74, 6) is 0. The van der Waals surface area contributed by atoms with Crippen LogP contribution >= 0.6 is 0 Å². The molecular formula is C18H30N2. The molecule has 0 bridgehead atoms. The van der Waals surface area contributed by atoms with Crippen molar-refractivity contribution in [1.29, 1.82) is 0 Å². The molecule has 0 saturated carbocycles. The number of nitrogens with one attached hydrogen (secondary N) is 1. The number of unbranched alkanes of at least 4 members (excludes halogenated alkanes) is 4. The highest BCUT2D eigenvalue weighted by Gasteiger charge is 2.26. The quantitative estimate of drug-likeness (QED) is 0.756. The molecule has 2 nitrogen and oxygen atoms in total. The van der Waals surface area contributed by atoms with E-state index >= 15 is 0 Å². The summed E-state index contributed by atoms with van der Waals surface area (Å²) in [7, 11) is 0. The van der Waals surface area contributed by atoms with Crippen LogP contribution in [0.25, 0.3) is 0 Å². The normalized spacial score (nSPS) is 23.9. The molecule has 0 aromatic heterocycles. The standard InChI is InChI=1S/C18H30N2/c1-3-4-5-6-10-13-20-15-16(2)19-14-18(20)17-11-8-7-9-12-17/h7-9,11-12,16,18-19H,3-6,10,13-15H2,1-2H3. The van der Waals surface area contributed by atoms with Crippen molar-refractivity contribution in [3.05, 3.63) is 35.9 Å². The average Bonchev–Trinajstić information content (AvgIpc) is 2.48. The maximum absolute atomic E-state index is 3.63. The molecule has 2 atom stereocenters. The van der Waals surface area contributed by atoms with Gasteiger partial charge in [-0.3, -0.25) is 4.90 Å². The molecule has 0 aliphatic carbocycles. The van der Waals surface area contributed by atoms with Crippen LogP contribution in [-0.4, -0.2) is 30.6 Å². The van der Waals surface area contributed by atoms with Gasteiger partial charge in [0.2, 0.25) is 0 Å². The number of piperazine rings is 1. The Balaban J connectivity index is 1.88. The molecule has 1 aromatic rings. The van der Waals surface area contributed by atoms with E-state index in [-0.39, 0.29) is 0 Å². The molecule has 2 rings (SSSR count). The van der Waals surface area contributed by atoms with Crippen molar-refractivity contribution >= 4 is 0 Å². The summed E-state index contributed by atoms with van der Waals surface area (Å²) in [5.41, 5.74) is 1.46. The van der Waals surface area contributed by atoms with Crippen molar-refractivity contribution in [3.63, 3.8) is 0 Å². The smallest absolute Gasteiger partial charge is 0.0473 e. The third-order valence-electron chi connectivity index (χ3n) is 4.34. The number of nitrogens with zero attached hydrogens (tertiary/aromatic N) is 1. The summed E-state index contributed by atoms with van der Waals surface area (Å²) in [6.45, 7) is 8.08. The highest BCUT2D eigenvalue weighted by molar-refractivity contribution is 5.20. The molecule has 1 aliphatic heterocycles. The fourth-order valence-electron chi connectivity index (χ4n) is 3.15. The van der Waals surface area contributed by atoms with Crippen LogP contribution in [0, 0.1) is 0 Å². The van der Waals surface area contributed by atoms with Crippen LogP contribution in [0.4, 0.5) is 0 Å². The lowest BCUT2D eigenvalue weighted by molar-refractivity contribution is 0.133. The zero-order valence-electron chi connectivity index (χ0n) is 13.1. The minimum absolute atomic E-state index is 0.554. The van der Waals surface area contributed by atoms with E-state index in [1.165, 1.54) is 50.8 Å². The van der Waals surface area contributed by atoms with Crippen molar-refractivity contribution in [1.82, 2.24) is 10.2 Å². The summed E-state index contributed by atoms with van der Waals surface area (Å²) in [6.07, 6.45) is 6.84. The molecule has 2 unspecified atom stereocenters. The fourth-order valence-corrected chi connectivity index (χ4v) is 3.15. The van der Waals surface area contributed by atoms with E-state index < -0.39 is 0 Å². The second-order valence-electron chi connectivity index (χ2n) is 6.14. The Morgan fingerprint density at radius 1 is 1.10 bits per heavy atom. The van der Waals surface area contributed by atoms with Gasteiger partial charge in [-0.15, -0.1) is 0 Å². The maximum Gasteiger partial charge on any atom is 0.0473 e. The largest absolute Gasteiger partial charge is 0.311 e. The predicted octanol–water partition coefficient (Wildman–Crippen LogP) is 3.99. The predicted molar refractivity (Wildman–Crippen MR) is 87.0 cm³/mol. The lowest BCUT2D eigenvalue weighted by Gasteiger charge is -2.39. The number of hydrogen-bond acceptors (Lipinski definition) is 2. The van der Waals surface area contributed by atoms with Gasteiger partial charge in [0.25, 0.3) is 0 Å². The Morgan fingerprint density at radius 3 is 2.60 bits per heavy atom. The van der Waals surface area contributed by atoms with Crippen LogP contribution < -0.4 is 5.32 Å². The van der Waals surface area contributed by atoms with Crippen molar-refractivity contribution in [2.75, 3.05) is 19.6 Å². The first-order valence-corrected chi connectivity index (χ1v) is 8.33. The summed E-state index contributed by atoms with van der Waals surface area (Å²) in [6, 6.07) is 12.1. The monoisotopic (exact) mass is 274 g/mol. The molecule has 1 N–H and O–H groups in total. The van der Waals surface area contributed by atoms with Crippen LogP contribution in [0.2, 0.25) is 0 Å². The summed E-state index contributed by atoms with van der Waals surface area (Å²) in [5, 5.41) is 3.63. The SMILES string of the molecule is CCCCCCCN1CC(C)NCC1c1ccccc1. The molecule has 1 saturated heterocycles. The molecule has 1 aliphatic rings. The van der Waals surface area contributed by atoms with Gasteiger partial charge in [0.15, 0.2) is 0 Å². The molecule has 112 valence electrons.